The maximum Gasteiger partial charge on any atom is 0.104 e. The van der Waals surface area contributed by atoms with Gasteiger partial charge in [-0.15, -0.1) is 11.3 Å². The number of ether oxygens (including phenoxy) is 2. The third-order valence-electron chi connectivity index (χ3n) is 2.10. The minimum atomic E-state index is -0.112. The molecule has 0 aliphatic heterocycles. The van der Waals surface area contributed by atoms with Gasteiger partial charge in [0.05, 0.1) is 19.8 Å². The molecule has 0 amide bonds. The van der Waals surface area contributed by atoms with Crippen LogP contribution in [0.1, 0.15) is 24.3 Å². The van der Waals surface area contributed by atoms with Gasteiger partial charge in [0.15, 0.2) is 0 Å². The summed E-state index contributed by atoms with van der Waals surface area (Å²) in [7, 11) is 0. The first kappa shape index (κ1) is 15.2. The fraction of sp³-hybridized carbons (Fsp3) is 0.571. The largest absolute Gasteiger partial charge is 0.384 e. The predicted molar refractivity (Wildman–Crippen MR) is 73.6 cm³/mol. The first-order valence-corrected chi connectivity index (χ1v) is 6.93. The van der Waals surface area contributed by atoms with E-state index >= 15 is 0 Å². The normalized spacial score (nSPS) is 10.4. The zero-order valence-corrected chi connectivity index (χ0v) is 11.8. The molecule has 18 heavy (non-hydrogen) atoms. The number of hydrogen-bond acceptors (Lipinski definition) is 4. The van der Waals surface area contributed by atoms with Crippen molar-refractivity contribution in [2.24, 2.45) is 5.92 Å². The number of aliphatic hydroxyl groups excluding tert-OH is 1. The van der Waals surface area contributed by atoms with Gasteiger partial charge in [0.25, 0.3) is 0 Å². The molecule has 3 nitrogen and oxygen atoms in total. The topological polar surface area (TPSA) is 38.7 Å². The van der Waals surface area contributed by atoms with E-state index in [4.69, 9.17) is 14.6 Å². The lowest BCUT2D eigenvalue weighted by Gasteiger charge is -2.07. The van der Waals surface area contributed by atoms with Crippen molar-refractivity contribution in [1.29, 1.82) is 0 Å². The molecule has 1 aromatic rings. The molecule has 1 rings (SSSR count). The van der Waals surface area contributed by atoms with Gasteiger partial charge in [0, 0.05) is 17.0 Å². The second kappa shape index (κ2) is 9.12. The Morgan fingerprint density at radius 2 is 2.11 bits per heavy atom. The quantitative estimate of drug-likeness (QED) is 0.609. The molecule has 0 radical (unpaired) electrons. The van der Waals surface area contributed by atoms with Crippen molar-refractivity contribution < 1.29 is 14.6 Å². The molecule has 1 aromatic heterocycles. The second-order valence-corrected chi connectivity index (χ2v) is 5.24. The fourth-order valence-electron chi connectivity index (χ4n) is 1.30. The lowest BCUT2D eigenvalue weighted by Crippen LogP contribution is -2.08. The van der Waals surface area contributed by atoms with Crippen LogP contribution >= 0.6 is 11.3 Å². The molecule has 0 spiro atoms. The molecular formula is C14H20O3S. The smallest absolute Gasteiger partial charge is 0.104 e. The molecule has 0 aromatic carbocycles. The molecule has 0 aliphatic carbocycles. The third kappa shape index (κ3) is 6.18. The average Bonchev–Trinajstić information content (AvgIpc) is 2.78. The van der Waals surface area contributed by atoms with Gasteiger partial charge in [0.1, 0.15) is 6.61 Å². The maximum absolute atomic E-state index is 8.66. The molecule has 1 heterocycles. The van der Waals surface area contributed by atoms with Crippen LogP contribution in [0.15, 0.2) is 11.4 Å². The molecule has 0 fully saturated rings. The molecule has 4 heteroatoms. The SMILES string of the molecule is CC(C)COCCOCc1sccc1C#CCO. The minimum absolute atomic E-state index is 0.112. The van der Waals surface area contributed by atoms with Crippen molar-refractivity contribution >= 4 is 11.3 Å². The van der Waals surface area contributed by atoms with E-state index in [-0.39, 0.29) is 6.61 Å². The summed E-state index contributed by atoms with van der Waals surface area (Å²) in [5.41, 5.74) is 0.942. The van der Waals surface area contributed by atoms with Crippen LogP contribution in [0.5, 0.6) is 0 Å². The summed E-state index contributed by atoms with van der Waals surface area (Å²) in [4.78, 5) is 1.10. The van der Waals surface area contributed by atoms with Gasteiger partial charge in [-0.2, -0.15) is 0 Å². The van der Waals surface area contributed by atoms with E-state index in [2.05, 4.69) is 25.7 Å². The Hall–Kier alpha value is -0.860. The zero-order valence-electron chi connectivity index (χ0n) is 10.9. The number of hydrogen-bond donors (Lipinski definition) is 1. The Labute approximate surface area is 113 Å². The van der Waals surface area contributed by atoms with Gasteiger partial charge in [0.2, 0.25) is 0 Å². The first-order chi connectivity index (χ1) is 8.74. The van der Waals surface area contributed by atoms with E-state index in [1.165, 1.54) is 0 Å². The highest BCUT2D eigenvalue weighted by atomic mass is 32.1. The van der Waals surface area contributed by atoms with E-state index in [9.17, 15) is 0 Å². The summed E-state index contributed by atoms with van der Waals surface area (Å²) < 4.78 is 11.0. The molecule has 0 unspecified atom stereocenters. The van der Waals surface area contributed by atoms with Crippen molar-refractivity contribution in [3.63, 3.8) is 0 Å². The molecule has 0 bridgehead atoms. The highest BCUT2D eigenvalue weighted by Gasteiger charge is 2.02. The summed E-state index contributed by atoms with van der Waals surface area (Å²) in [5.74, 6) is 6.11. The van der Waals surface area contributed by atoms with Crippen molar-refractivity contribution in [2.75, 3.05) is 26.4 Å². The molecule has 0 aliphatic rings. The lowest BCUT2D eigenvalue weighted by molar-refractivity contribution is 0.0322. The van der Waals surface area contributed by atoms with E-state index in [0.717, 1.165) is 17.0 Å². The first-order valence-electron chi connectivity index (χ1n) is 6.05. The van der Waals surface area contributed by atoms with Crippen molar-refractivity contribution in [2.45, 2.75) is 20.5 Å². The molecule has 0 saturated carbocycles. The van der Waals surface area contributed by atoms with E-state index in [1.54, 1.807) is 11.3 Å². The molecule has 100 valence electrons. The van der Waals surface area contributed by atoms with Gasteiger partial charge in [-0.05, 0) is 17.4 Å². The summed E-state index contributed by atoms with van der Waals surface area (Å²) in [6, 6.07) is 1.95. The number of thiophene rings is 1. The van der Waals surface area contributed by atoms with Gasteiger partial charge in [-0.3, -0.25) is 0 Å². The van der Waals surface area contributed by atoms with Crippen LogP contribution in [0, 0.1) is 17.8 Å². The minimum Gasteiger partial charge on any atom is -0.384 e. The fourth-order valence-corrected chi connectivity index (χ4v) is 2.07. The number of aliphatic hydroxyl groups is 1. The Kier molecular flexibility index (Phi) is 7.70. The zero-order chi connectivity index (χ0) is 13.2. The summed E-state index contributed by atoms with van der Waals surface area (Å²) in [6.07, 6.45) is 0. The molecule has 1 N–H and O–H groups in total. The van der Waals surface area contributed by atoms with E-state index in [0.29, 0.717) is 25.7 Å². The Balaban J connectivity index is 2.21. The second-order valence-electron chi connectivity index (χ2n) is 4.24. The standard InChI is InChI=1S/C14H20O3S/c1-12(2)10-16-7-8-17-11-14-13(4-3-6-15)5-9-18-14/h5,9,12,15H,6-8,10-11H2,1-2H3. The van der Waals surface area contributed by atoms with Crippen LogP contribution < -0.4 is 0 Å². The lowest BCUT2D eigenvalue weighted by atomic mass is 10.2. The van der Waals surface area contributed by atoms with Crippen LogP contribution in [0.25, 0.3) is 0 Å². The molecular weight excluding hydrogens is 248 g/mol. The predicted octanol–water partition coefficient (Wildman–Crippen LogP) is 2.28. The van der Waals surface area contributed by atoms with Crippen molar-refractivity contribution in [3.05, 3.63) is 21.9 Å². The van der Waals surface area contributed by atoms with Crippen LogP contribution in [0.4, 0.5) is 0 Å². The van der Waals surface area contributed by atoms with Gasteiger partial charge in [-0.1, -0.05) is 25.7 Å². The van der Waals surface area contributed by atoms with Crippen LogP contribution in [0.3, 0.4) is 0 Å². The Bertz CT molecular complexity index is 387. The van der Waals surface area contributed by atoms with Crippen LogP contribution in [-0.2, 0) is 16.1 Å². The maximum atomic E-state index is 8.66. The van der Waals surface area contributed by atoms with Gasteiger partial charge < -0.3 is 14.6 Å². The molecule has 0 atom stereocenters. The number of rotatable bonds is 7. The Morgan fingerprint density at radius 1 is 1.33 bits per heavy atom. The summed E-state index contributed by atoms with van der Waals surface area (Å²) in [5, 5.41) is 10.6. The van der Waals surface area contributed by atoms with Gasteiger partial charge in [-0.25, -0.2) is 0 Å². The third-order valence-corrected chi connectivity index (χ3v) is 3.00. The monoisotopic (exact) mass is 268 g/mol. The van der Waals surface area contributed by atoms with Crippen molar-refractivity contribution in [1.82, 2.24) is 0 Å². The van der Waals surface area contributed by atoms with Crippen LogP contribution in [0.2, 0.25) is 0 Å². The van der Waals surface area contributed by atoms with E-state index < -0.39 is 0 Å². The summed E-state index contributed by atoms with van der Waals surface area (Å²) in [6.45, 7) is 6.68. The average molecular weight is 268 g/mol. The Morgan fingerprint density at radius 3 is 2.83 bits per heavy atom. The van der Waals surface area contributed by atoms with E-state index in [1.807, 2.05) is 11.4 Å². The highest BCUT2D eigenvalue weighted by Crippen LogP contribution is 2.16. The van der Waals surface area contributed by atoms with Crippen molar-refractivity contribution in [3.8, 4) is 11.8 Å². The summed E-state index contributed by atoms with van der Waals surface area (Å²) >= 11 is 1.62. The van der Waals surface area contributed by atoms with Gasteiger partial charge >= 0.3 is 0 Å². The highest BCUT2D eigenvalue weighted by molar-refractivity contribution is 7.10. The van der Waals surface area contributed by atoms with Crippen LogP contribution in [-0.4, -0.2) is 31.5 Å². The molecule has 0 saturated heterocycles.